The number of hydrogen-bond acceptors (Lipinski definition) is 9. The number of nitrogens with zero attached hydrogens (tertiary/aromatic N) is 1. The third-order valence-electron chi connectivity index (χ3n) is 11.3. The van der Waals surface area contributed by atoms with Crippen LogP contribution in [-0.2, 0) is 38.1 Å². The highest BCUT2D eigenvalue weighted by Gasteiger charge is 2.39. The molecule has 1 atom stereocenters. The van der Waals surface area contributed by atoms with Crippen molar-refractivity contribution in [3.63, 3.8) is 0 Å². The van der Waals surface area contributed by atoms with Crippen LogP contribution in [0.2, 0.25) is 0 Å². The van der Waals surface area contributed by atoms with E-state index in [1.807, 2.05) is 14.1 Å². The molecule has 0 aromatic carbocycles. The first-order chi connectivity index (χ1) is 27.5. The second kappa shape index (κ2) is 36.9. The molecule has 0 saturated carbocycles. The summed E-state index contributed by atoms with van der Waals surface area (Å²) in [5.41, 5.74) is -1.24. The maximum atomic E-state index is 13.8. The molecule has 9 heteroatoms. The minimum atomic E-state index is -1.24. The molecule has 0 bridgehead atoms. The number of unbranched alkanes of at least 4 members (excludes halogenated alkanes) is 12. The van der Waals surface area contributed by atoms with Crippen LogP contribution in [0.15, 0.2) is 0 Å². The van der Waals surface area contributed by atoms with Gasteiger partial charge in [0, 0.05) is 12.8 Å². The first kappa shape index (κ1) is 54.8. The number of carbonyl (C=O) groups excluding carboxylic acids is 4. The van der Waals surface area contributed by atoms with E-state index < -0.39 is 5.41 Å². The molecule has 0 aliphatic rings. The van der Waals surface area contributed by atoms with E-state index in [2.05, 4.69) is 46.4 Å². The quantitative estimate of drug-likeness (QED) is 0.0339. The predicted octanol–water partition coefficient (Wildman–Crippen LogP) is 12.2. The number of hydrogen-bond donors (Lipinski definition) is 0. The van der Waals surface area contributed by atoms with Gasteiger partial charge in [0.2, 0.25) is 0 Å². The largest absolute Gasteiger partial charge is 0.465 e. The van der Waals surface area contributed by atoms with Crippen molar-refractivity contribution in [1.82, 2.24) is 4.90 Å². The van der Waals surface area contributed by atoms with Gasteiger partial charge in [-0.1, -0.05) is 151 Å². The van der Waals surface area contributed by atoms with Gasteiger partial charge in [-0.2, -0.15) is 0 Å². The Kier molecular flexibility index (Phi) is 35.5. The summed E-state index contributed by atoms with van der Waals surface area (Å²) < 4.78 is 24.3. The average Bonchev–Trinajstić information content (AvgIpc) is 3.19. The predicted molar refractivity (Wildman–Crippen MR) is 234 cm³/mol. The van der Waals surface area contributed by atoms with E-state index in [0.29, 0.717) is 12.8 Å². The summed E-state index contributed by atoms with van der Waals surface area (Å²) in [6.45, 7) is 13.1. The SMILES string of the molecule is CCCCCC(CCCC)CC(=O)OCC(COC(=O)CCCCN(C)C)(COC(=O)C(CCCCC)CCCCC)COC(=O)C(CCCCC)CCCCC. The van der Waals surface area contributed by atoms with Crippen LogP contribution >= 0.6 is 0 Å². The Labute approximate surface area is 351 Å². The summed E-state index contributed by atoms with van der Waals surface area (Å²) >= 11 is 0. The molecule has 9 nitrogen and oxygen atoms in total. The minimum Gasteiger partial charge on any atom is -0.465 e. The van der Waals surface area contributed by atoms with Gasteiger partial charge in [-0.15, -0.1) is 0 Å². The van der Waals surface area contributed by atoms with E-state index in [1.165, 1.54) is 0 Å². The van der Waals surface area contributed by atoms with Crippen molar-refractivity contribution in [2.75, 3.05) is 47.1 Å². The van der Waals surface area contributed by atoms with Gasteiger partial charge >= 0.3 is 23.9 Å². The van der Waals surface area contributed by atoms with Crippen LogP contribution in [-0.4, -0.2) is 75.8 Å². The van der Waals surface area contributed by atoms with Crippen LogP contribution in [0.5, 0.6) is 0 Å². The average molecular weight is 810 g/mol. The zero-order valence-electron chi connectivity index (χ0n) is 38.6. The third-order valence-corrected chi connectivity index (χ3v) is 11.3. The summed E-state index contributed by atoms with van der Waals surface area (Å²) in [7, 11) is 4.01. The Bertz CT molecular complexity index is 941. The lowest BCUT2D eigenvalue weighted by atomic mass is 9.90. The van der Waals surface area contributed by atoms with Crippen LogP contribution in [0.25, 0.3) is 0 Å². The van der Waals surface area contributed by atoms with Crippen molar-refractivity contribution >= 4 is 23.9 Å². The lowest BCUT2D eigenvalue weighted by Crippen LogP contribution is -2.45. The van der Waals surface area contributed by atoms with E-state index in [9.17, 15) is 19.2 Å². The lowest BCUT2D eigenvalue weighted by Gasteiger charge is -2.33. The Morgan fingerprint density at radius 3 is 1.21 bits per heavy atom. The van der Waals surface area contributed by atoms with E-state index in [-0.39, 0.29) is 74.5 Å². The summed E-state index contributed by atoms with van der Waals surface area (Å²) in [6, 6.07) is 0. The molecule has 0 aromatic rings. The maximum absolute atomic E-state index is 13.8. The van der Waals surface area contributed by atoms with Gasteiger partial charge in [0.1, 0.15) is 31.8 Å². The molecular weight excluding hydrogens is 719 g/mol. The highest BCUT2D eigenvalue weighted by atomic mass is 16.6. The fourth-order valence-electron chi connectivity index (χ4n) is 7.31. The molecular formula is C48H91NO8. The van der Waals surface area contributed by atoms with Crippen molar-refractivity contribution in [3.8, 4) is 0 Å². The molecule has 0 amide bonds. The van der Waals surface area contributed by atoms with Crippen molar-refractivity contribution in [2.24, 2.45) is 23.2 Å². The monoisotopic (exact) mass is 810 g/mol. The molecule has 0 radical (unpaired) electrons. The Balaban J connectivity index is 6.56. The van der Waals surface area contributed by atoms with Gasteiger partial charge in [-0.3, -0.25) is 19.2 Å². The molecule has 0 heterocycles. The number of carbonyl (C=O) groups is 4. The minimum absolute atomic E-state index is 0.176. The Morgan fingerprint density at radius 1 is 0.439 bits per heavy atom. The molecule has 0 aliphatic heterocycles. The normalized spacial score (nSPS) is 12.3. The first-order valence-corrected chi connectivity index (χ1v) is 23.8. The fourth-order valence-corrected chi connectivity index (χ4v) is 7.31. The van der Waals surface area contributed by atoms with E-state index >= 15 is 0 Å². The van der Waals surface area contributed by atoms with Crippen LogP contribution in [0, 0.1) is 23.2 Å². The van der Waals surface area contributed by atoms with Gasteiger partial charge in [0.05, 0.1) is 11.8 Å². The van der Waals surface area contributed by atoms with E-state index in [0.717, 1.165) is 161 Å². The first-order valence-electron chi connectivity index (χ1n) is 23.8. The highest BCUT2D eigenvalue weighted by Crippen LogP contribution is 2.28. The molecule has 1 unspecified atom stereocenters. The van der Waals surface area contributed by atoms with Gasteiger partial charge in [0.25, 0.3) is 0 Å². The summed E-state index contributed by atoms with van der Waals surface area (Å²) in [6.07, 6.45) is 24.7. The standard InChI is InChI=1S/C48H91NO8/c1-9-15-21-29-41(28-20-14-6)36-45(51)55-38-48(37-54-44(50)34-26-27-35-49(7)8,39-56-46(52)42(30-22-16-10-2)31-23-17-11-3)40-57-47(53)43(32-24-18-12-4)33-25-19-13-5/h41-43H,9-40H2,1-8H3. The zero-order chi connectivity index (χ0) is 42.6. The van der Waals surface area contributed by atoms with Crippen LogP contribution in [0.4, 0.5) is 0 Å². The van der Waals surface area contributed by atoms with Crippen molar-refractivity contribution < 1.29 is 38.1 Å². The summed E-state index contributed by atoms with van der Waals surface area (Å²) in [5, 5.41) is 0. The van der Waals surface area contributed by atoms with Crippen molar-refractivity contribution in [2.45, 2.75) is 215 Å². The number of ether oxygens (including phenoxy) is 4. The molecule has 0 N–H and O–H groups in total. The summed E-state index contributed by atoms with van der Waals surface area (Å²) in [4.78, 5) is 56.5. The number of rotatable bonds is 40. The Morgan fingerprint density at radius 2 is 0.807 bits per heavy atom. The Hall–Kier alpha value is -2.16. The van der Waals surface area contributed by atoms with Crippen molar-refractivity contribution in [3.05, 3.63) is 0 Å². The molecule has 0 aliphatic carbocycles. The summed E-state index contributed by atoms with van der Waals surface area (Å²) in [5.74, 6) is -1.51. The molecule has 0 spiro atoms. The number of esters is 4. The molecule has 0 aromatic heterocycles. The maximum Gasteiger partial charge on any atom is 0.308 e. The van der Waals surface area contributed by atoms with Gasteiger partial charge < -0.3 is 23.8 Å². The van der Waals surface area contributed by atoms with Crippen LogP contribution in [0.1, 0.15) is 215 Å². The second-order valence-electron chi connectivity index (χ2n) is 17.4. The van der Waals surface area contributed by atoms with Gasteiger partial charge in [0.15, 0.2) is 0 Å². The molecule has 0 rings (SSSR count). The smallest absolute Gasteiger partial charge is 0.308 e. The fraction of sp³-hybridized carbons (Fsp3) is 0.917. The third kappa shape index (κ3) is 29.7. The lowest BCUT2D eigenvalue weighted by molar-refractivity contribution is -0.174. The topological polar surface area (TPSA) is 108 Å². The second-order valence-corrected chi connectivity index (χ2v) is 17.4. The van der Waals surface area contributed by atoms with Gasteiger partial charge in [-0.05, 0) is 77.9 Å². The zero-order valence-corrected chi connectivity index (χ0v) is 38.6. The van der Waals surface area contributed by atoms with Crippen molar-refractivity contribution in [1.29, 1.82) is 0 Å². The van der Waals surface area contributed by atoms with E-state index in [4.69, 9.17) is 18.9 Å². The highest BCUT2D eigenvalue weighted by molar-refractivity contribution is 5.73. The molecule has 57 heavy (non-hydrogen) atoms. The van der Waals surface area contributed by atoms with Gasteiger partial charge in [-0.25, -0.2) is 0 Å². The van der Waals surface area contributed by atoms with Crippen LogP contribution < -0.4 is 0 Å². The van der Waals surface area contributed by atoms with E-state index in [1.54, 1.807) is 0 Å². The van der Waals surface area contributed by atoms with Crippen LogP contribution in [0.3, 0.4) is 0 Å². The molecule has 0 saturated heterocycles. The molecule has 336 valence electrons. The molecule has 0 fully saturated rings.